The Morgan fingerprint density at radius 1 is 0.750 bits per heavy atom. The summed E-state index contributed by atoms with van der Waals surface area (Å²) in [5.41, 5.74) is -5.69. The lowest BCUT2D eigenvalue weighted by molar-refractivity contribution is -0.199. The van der Waals surface area contributed by atoms with Gasteiger partial charge in [0, 0.05) is 0 Å². The molecule has 0 saturated heterocycles. The summed E-state index contributed by atoms with van der Waals surface area (Å²) >= 11 is 0. The van der Waals surface area contributed by atoms with E-state index in [4.69, 9.17) is 14.2 Å². The second kappa shape index (κ2) is 8.59. The topological polar surface area (TPSA) is 116 Å². The van der Waals surface area contributed by atoms with E-state index in [1.54, 1.807) is 62.3 Å². The van der Waals surface area contributed by atoms with Crippen molar-refractivity contribution in [1.29, 1.82) is 0 Å². The first-order chi connectivity index (χ1) is 12.2. The average molecular weight is 402 g/mol. The van der Waals surface area contributed by atoms with Gasteiger partial charge in [0.15, 0.2) is 11.5 Å². The van der Waals surface area contributed by atoms with Gasteiger partial charge in [0.25, 0.3) is 0 Å². The Morgan fingerprint density at radius 2 is 1.14 bits per heavy atom. The molecule has 0 amide bonds. The number of hydrogen-bond donors (Lipinski definition) is 1. The molecule has 0 aromatic rings. The maximum absolute atomic E-state index is 12.8. The number of Topliss-reactive ketones (excluding diaryl/α,β-unsaturated/α-hetero) is 1. The van der Waals surface area contributed by atoms with Crippen molar-refractivity contribution in [2.75, 3.05) is 0 Å². The lowest BCUT2D eigenvalue weighted by atomic mass is 9.81. The summed E-state index contributed by atoms with van der Waals surface area (Å²) in [5.74, 6) is -6.16. The standard InChI is InChI=1S/C20H34O8/c1-12(21)14(15(23)27-18(5,6)7)20(25,16(24)28-19(8,9)10)11-13(22)26-17(2,3)4/h14,25H,11H2,1-10H3. The molecule has 0 saturated carbocycles. The molecule has 0 aromatic carbocycles. The Morgan fingerprint density at radius 3 is 1.46 bits per heavy atom. The summed E-state index contributed by atoms with van der Waals surface area (Å²) in [5, 5.41) is 11.1. The highest BCUT2D eigenvalue weighted by molar-refractivity contribution is 6.05. The summed E-state index contributed by atoms with van der Waals surface area (Å²) in [7, 11) is 0. The molecule has 0 radical (unpaired) electrons. The molecule has 8 heteroatoms. The van der Waals surface area contributed by atoms with Crippen LogP contribution in [0.25, 0.3) is 0 Å². The third-order valence-corrected chi connectivity index (χ3v) is 3.11. The van der Waals surface area contributed by atoms with E-state index in [1.165, 1.54) is 0 Å². The zero-order valence-corrected chi connectivity index (χ0v) is 18.6. The van der Waals surface area contributed by atoms with E-state index in [-0.39, 0.29) is 0 Å². The van der Waals surface area contributed by atoms with Crippen LogP contribution in [0, 0.1) is 5.92 Å². The number of ether oxygens (including phenoxy) is 3. The molecule has 0 rings (SSSR count). The van der Waals surface area contributed by atoms with Gasteiger partial charge >= 0.3 is 17.9 Å². The molecule has 0 aliphatic rings. The van der Waals surface area contributed by atoms with Crippen molar-refractivity contribution in [1.82, 2.24) is 0 Å². The summed E-state index contributed by atoms with van der Waals surface area (Å²) in [6, 6.07) is 0. The molecule has 0 bridgehead atoms. The average Bonchev–Trinajstić information content (AvgIpc) is 2.30. The third-order valence-electron chi connectivity index (χ3n) is 3.11. The lowest BCUT2D eigenvalue weighted by Crippen LogP contribution is -2.56. The molecule has 2 atom stereocenters. The summed E-state index contributed by atoms with van der Waals surface area (Å²) in [6.07, 6.45) is -0.942. The maximum Gasteiger partial charge on any atom is 0.340 e. The van der Waals surface area contributed by atoms with Gasteiger partial charge in [-0.05, 0) is 69.2 Å². The van der Waals surface area contributed by atoms with Gasteiger partial charge in [-0.2, -0.15) is 0 Å². The van der Waals surface area contributed by atoms with Crippen LogP contribution in [0.1, 0.15) is 75.7 Å². The van der Waals surface area contributed by atoms with Gasteiger partial charge < -0.3 is 19.3 Å². The molecule has 2 unspecified atom stereocenters. The predicted molar refractivity (Wildman–Crippen MR) is 101 cm³/mol. The first-order valence-electron chi connectivity index (χ1n) is 9.09. The van der Waals surface area contributed by atoms with E-state index in [0.29, 0.717) is 0 Å². The summed E-state index contributed by atoms with van der Waals surface area (Å²) in [4.78, 5) is 49.9. The van der Waals surface area contributed by atoms with Gasteiger partial charge in [-0.1, -0.05) is 0 Å². The van der Waals surface area contributed by atoms with Crippen LogP contribution < -0.4 is 0 Å². The molecule has 0 aliphatic carbocycles. The van der Waals surface area contributed by atoms with E-state index in [1.807, 2.05) is 0 Å². The predicted octanol–water partition coefficient (Wildman–Crippen LogP) is 2.34. The number of ketones is 1. The van der Waals surface area contributed by atoms with Crippen LogP contribution in [0.4, 0.5) is 0 Å². The van der Waals surface area contributed by atoms with Gasteiger partial charge in [-0.3, -0.25) is 14.4 Å². The maximum atomic E-state index is 12.8. The monoisotopic (exact) mass is 402 g/mol. The van der Waals surface area contributed by atoms with Crippen molar-refractivity contribution < 1.29 is 38.5 Å². The van der Waals surface area contributed by atoms with Gasteiger partial charge in [0.1, 0.15) is 22.6 Å². The number of carbonyl (C=O) groups is 4. The normalized spacial score (nSPS) is 15.8. The van der Waals surface area contributed by atoms with Crippen molar-refractivity contribution in [3.63, 3.8) is 0 Å². The van der Waals surface area contributed by atoms with E-state index >= 15 is 0 Å². The van der Waals surface area contributed by atoms with E-state index in [2.05, 4.69) is 0 Å². The Labute approximate surface area is 166 Å². The zero-order valence-electron chi connectivity index (χ0n) is 18.6. The summed E-state index contributed by atoms with van der Waals surface area (Å²) in [6.45, 7) is 15.2. The van der Waals surface area contributed by atoms with E-state index < -0.39 is 58.4 Å². The van der Waals surface area contributed by atoms with Crippen LogP contribution in [0.2, 0.25) is 0 Å². The van der Waals surface area contributed by atoms with Crippen molar-refractivity contribution in [2.45, 2.75) is 98.1 Å². The van der Waals surface area contributed by atoms with Crippen LogP contribution in [-0.2, 0) is 33.4 Å². The SMILES string of the molecule is CC(=O)C(C(=O)OC(C)(C)C)C(O)(CC(=O)OC(C)(C)C)C(=O)OC(C)(C)C. The first-order valence-corrected chi connectivity index (χ1v) is 9.09. The smallest absolute Gasteiger partial charge is 0.340 e. The van der Waals surface area contributed by atoms with Gasteiger partial charge in [0.2, 0.25) is 0 Å². The third kappa shape index (κ3) is 8.82. The second-order valence-corrected chi connectivity index (χ2v) is 9.77. The molecule has 1 N–H and O–H groups in total. The molecule has 0 aromatic heterocycles. The van der Waals surface area contributed by atoms with E-state index in [9.17, 15) is 24.3 Å². The second-order valence-electron chi connectivity index (χ2n) is 9.77. The largest absolute Gasteiger partial charge is 0.460 e. The minimum Gasteiger partial charge on any atom is -0.460 e. The Kier molecular flexibility index (Phi) is 7.99. The molecular weight excluding hydrogens is 368 g/mol. The zero-order chi connectivity index (χ0) is 22.7. The summed E-state index contributed by atoms with van der Waals surface area (Å²) < 4.78 is 15.5. The van der Waals surface area contributed by atoms with Crippen LogP contribution in [-0.4, -0.2) is 51.2 Å². The van der Waals surface area contributed by atoms with Gasteiger partial charge in [-0.25, -0.2) is 4.79 Å². The van der Waals surface area contributed by atoms with Crippen LogP contribution >= 0.6 is 0 Å². The van der Waals surface area contributed by atoms with Gasteiger partial charge in [0.05, 0.1) is 6.42 Å². The fraction of sp³-hybridized carbons (Fsp3) is 0.800. The Balaban J connectivity index is 6.15. The number of esters is 3. The highest BCUT2D eigenvalue weighted by Crippen LogP contribution is 2.30. The number of rotatable bonds is 6. The quantitative estimate of drug-likeness (QED) is 0.409. The van der Waals surface area contributed by atoms with Crippen molar-refractivity contribution in [3.05, 3.63) is 0 Å². The molecular formula is C20H34O8. The number of carbonyl (C=O) groups excluding carboxylic acids is 4. The Hall–Kier alpha value is -1.96. The molecule has 0 spiro atoms. The fourth-order valence-electron chi connectivity index (χ4n) is 2.31. The Bertz CT molecular complexity index is 616. The number of aliphatic hydroxyl groups is 1. The van der Waals surface area contributed by atoms with Crippen molar-refractivity contribution in [2.24, 2.45) is 5.92 Å². The minimum absolute atomic E-state index is 0.842. The lowest BCUT2D eigenvalue weighted by Gasteiger charge is -2.35. The fourth-order valence-corrected chi connectivity index (χ4v) is 2.31. The minimum atomic E-state index is -2.77. The van der Waals surface area contributed by atoms with Gasteiger partial charge in [-0.15, -0.1) is 0 Å². The molecule has 0 fully saturated rings. The highest BCUT2D eigenvalue weighted by Gasteiger charge is 2.55. The van der Waals surface area contributed by atoms with E-state index in [0.717, 1.165) is 6.92 Å². The van der Waals surface area contributed by atoms with Crippen LogP contribution in [0.5, 0.6) is 0 Å². The molecule has 0 heterocycles. The van der Waals surface area contributed by atoms with Crippen molar-refractivity contribution >= 4 is 23.7 Å². The molecule has 28 heavy (non-hydrogen) atoms. The van der Waals surface area contributed by atoms with Crippen molar-refractivity contribution in [3.8, 4) is 0 Å². The highest BCUT2D eigenvalue weighted by atomic mass is 16.6. The molecule has 0 aliphatic heterocycles. The number of hydrogen-bond acceptors (Lipinski definition) is 8. The first kappa shape index (κ1) is 26.0. The molecule has 8 nitrogen and oxygen atoms in total. The van der Waals surface area contributed by atoms with Crippen LogP contribution in [0.15, 0.2) is 0 Å². The van der Waals surface area contributed by atoms with Crippen LogP contribution in [0.3, 0.4) is 0 Å². The molecule has 162 valence electrons.